The van der Waals surface area contributed by atoms with Crippen molar-refractivity contribution in [3.05, 3.63) is 70.7 Å². The van der Waals surface area contributed by atoms with Crippen molar-refractivity contribution in [2.75, 3.05) is 0 Å². The van der Waals surface area contributed by atoms with Gasteiger partial charge < -0.3 is 0 Å². The first-order valence-corrected chi connectivity index (χ1v) is 8.79. The SMILES string of the molecule is N#Cc1ccc(CS(=O)(=O)c2ccc3cc(Cl)ccc3n2)cc1. The number of nitrogens with zero attached hydrogens (tertiary/aromatic N) is 2. The van der Waals surface area contributed by atoms with E-state index in [1.165, 1.54) is 6.07 Å². The molecule has 0 spiro atoms. The first-order chi connectivity index (χ1) is 11.0. The zero-order valence-corrected chi connectivity index (χ0v) is 13.5. The third-order valence-electron chi connectivity index (χ3n) is 3.38. The molecule has 0 aliphatic rings. The molecule has 0 saturated heterocycles. The highest BCUT2D eigenvalue weighted by atomic mass is 35.5. The summed E-state index contributed by atoms with van der Waals surface area (Å²) in [6.07, 6.45) is 0. The van der Waals surface area contributed by atoms with Gasteiger partial charge in [0, 0.05) is 10.4 Å². The molecule has 0 N–H and O–H groups in total. The zero-order chi connectivity index (χ0) is 16.4. The summed E-state index contributed by atoms with van der Waals surface area (Å²) >= 11 is 5.91. The largest absolute Gasteiger partial charge is 0.236 e. The Balaban J connectivity index is 1.95. The molecule has 0 bridgehead atoms. The Kier molecular flexibility index (Phi) is 4.03. The third kappa shape index (κ3) is 3.34. The average Bonchev–Trinajstić information content (AvgIpc) is 2.54. The van der Waals surface area contributed by atoms with E-state index in [4.69, 9.17) is 16.9 Å². The summed E-state index contributed by atoms with van der Waals surface area (Å²) < 4.78 is 25.0. The lowest BCUT2D eigenvalue weighted by atomic mass is 10.2. The number of aromatic nitrogens is 1. The lowest BCUT2D eigenvalue weighted by molar-refractivity contribution is 0.592. The van der Waals surface area contributed by atoms with Crippen molar-refractivity contribution < 1.29 is 8.42 Å². The van der Waals surface area contributed by atoms with Crippen LogP contribution in [0.15, 0.2) is 59.6 Å². The highest BCUT2D eigenvalue weighted by Crippen LogP contribution is 2.21. The van der Waals surface area contributed by atoms with Gasteiger partial charge in [0.05, 0.1) is 22.9 Å². The van der Waals surface area contributed by atoms with Crippen LogP contribution in [-0.4, -0.2) is 13.4 Å². The monoisotopic (exact) mass is 342 g/mol. The molecule has 4 nitrogen and oxygen atoms in total. The van der Waals surface area contributed by atoms with E-state index in [0.29, 0.717) is 21.7 Å². The molecule has 114 valence electrons. The van der Waals surface area contributed by atoms with Crippen LogP contribution in [0.25, 0.3) is 10.9 Å². The van der Waals surface area contributed by atoms with Gasteiger partial charge in [-0.15, -0.1) is 0 Å². The molecule has 1 aromatic heterocycles. The van der Waals surface area contributed by atoms with Crippen LogP contribution in [-0.2, 0) is 15.6 Å². The van der Waals surface area contributed by atoms with E-state index in [1.807, 2.05) is 6.07 Å². The van der Waals surface area contributed by atoms with E-state index < -0.39 is 9.84 Å². The van der Waals surface area contributed by atoms with Crippen LogP contribution in [0.1, 0.15) is 11.1 Å². The Morgan fingerprint density at radius 2 is 1.78 bits per heavy atom. The average molecular weight is 343 g/mol. The van der Waals surface area contributed by atoms with Gasteiger partial charge in [0.2, 0.25) is 0 Å². The maximum Gasteiger partial charge on any atom is 0.199 e. The molecule has 0 fully saturated rings. The van der Waals surface area contributed by atoms with Gasteiger partial charge >= 0.3 is 0 Å². The summed E-state index contributed by atoms with van der Waals surface area (Å²) in [5.41, 5.74) is 1.68. The molecule has 3 aromatic rings. The minimum absolute atomic E-state index is 0.0247. The molecule has 2 aromatic carbocycles. The second-order valence-electron chi connectivity index (χ2n) is 5.05. The topological polar surface area (TPSA) is 70.8 Å². The van der Waals surface area contributed by atoms with Gasteiger partial charge in [0.25, 0.3) is 0 Å². The van der Waals surface area contributed by atoms with Crippen molar-refractivity contribution >= 4 is 32.3 Å². The fourth-order valence-corrected chi connectivity index (χ4v) is 3.69. The normalized spacial score (nSPS) is 11.3. The van der Waals surface area contributed by atoms with Crippen molar-refractivity contribution in [2.24, 2.45) is 0 Å². The van der Waals surface area contributed by atoms with Crippen LogP contribution >= 0.6 is 11.6 Å². The standard InChI is InChI=1S/C17H11ClN2O2S/c18-15-6-7-16-14(9-15)5-8-17(20-16)23(21,22)11-13-3-1-12(10-19)2-4-13/h1-9H,11H2. The molecule has 1 heterocycles. The molecular weight excluding hydrogens is 332 g/mol. The van der Waals surface area contributed by atoms with Crippen molar-refractivity contribution in [1.29, 1.82) is 5.26 Å². The van der Waals surface area contributed by atoms with Gasteiger partial charge in [-0.25, -0.2) is 13.4 Å². The van der Waals surface area contributed by atoms with Crippen molar-refractivity contribution in [2.45, 2.75) is 10.8 Å². The fraction of sp³-hybridized carbons (Fsp3) is 0.0588. The lowest BCUT2D eigenvalue weighted by Crippen LogP contribution is -2.07. The Labute approximate surface area is 138 Å². The predicted octanol–water partition coefficient (Wildman–Crippen LogP) is 3.73. The highest BCUT2D eigenvalue weighted by Gasteiger charge is 2.17. The fourth-order valence-electron chi connectivity index (χ4n) is 2.22. The summed E-state index contributed by atoms with van der Waals surface area (Å²) in [5.74, 6) is -0.162. The molecule has 23 heavy (non-hydrogen) atoms. The maximum atomic E-state index is 12.5. The van der Waals surface area contributed by atoms with Gasteiger partial charge in [-0.2, -0.15) is 5.26 Å². The molecule has 0 aliphatic carbocycles. The second kappa shape index (κ2) is 5.99. The van der Waals surface area contributed by atoms with Crippen LogP contribution < -0.4 is 0 Å². The molecule has 3 rings (SSSR count). The summed E-state index contributed by atoms with van der Waals surface area (Å²) in [6.45, 7) is 0. The highest BCUT2D eigenvalue weighted by molar-refractivity contribution is 7.90. The van der Waals surface area contributed by atoms with E-state index in [9.17, 15) is 8.42 Å². The summed E-state index contributed by atoms with van der Waals surface area (Å²) in [7, 11) is -3.56. The van der Waals surface area contributed by atoms with E-state index in [2.05, 4.69) is 4.98 Å². The summed E-state index contributed by atoms with van der Waals surface area (Å²) in [5, 5.41) is 10.2. The van der Waals surface area contributed by atoms with E-state index in [0.717, 1.165) is 5.39 Å². The van der Waals surface area contributed by atoms with E-state index >= 15 is 0 Å². The van der Waals surface area contributed by atoms with Gasteiger partial charge in [-0.05, 0) is 48.0 Å². The molecule has 0 unspecified atom stereocenters. The number of sulfone groups is 1. The number of pyridine rings is 1. The number of fused-ring (bicyclic) bond motifs is 1. The van der Waals surface area contributed by atoms with Crippen LogP contribution in [0.5, 0.6) is 0 Å². The zero-order valence-electron chi connectivity index (χ0n) is 11.9. The number of rotatable bonds is 3. The smallest absolute Gasteiger partial charge is 0.199 e. The van der Waals surface area contributed by atoms with Crippen LogP contribution in [0.4, 0.5) is 0 Å². The molecule has 0 aliphatic heterocycles. The van der Waals surface area contributed by atoms with Crippen LogP contribution in [0.2, 0.25) is 5.02 Å². The quantitative estimate of drug-likeness (QED) is 0.727. The Bertz CT molecular complexity index is 1020. The number of hydrogen-bond acceptors (Lipinski definition) is 4. The molecule has 6 heteroatoms. The predicted molar refractivity (Wildman–Crippen MR) is 88.8 cm³/mol. The van der Waals surface area contributed by atoms with Gasteiger partial charge in [-0.1, -0.05) is 23.7 Å². The van der Waals surface area contributed by atoms with Crippen LogP contribution in [0.3, 0.4) is 0 Å². The van der Waals surface area contributed by atoms with Gasteiger partial charge in [0.1, 0.15) is 0 Å². The minimum atomic E-state index is -3.56. The number of benzene rings is 2. The van der Waals surface area contributed by atoms with E-state index in [-0.39, 0.29) is 10.8 Å². The first-order valence-electron chi connectivity index (χ1n) is 6.76. The maximum absolute atomic E-state index is 12.5. The Morgan fingerprint density at radius 1 is 1.04 bits per heavy atom. The van der Waals surface area contributed by atoms with Crippen LogP contribution in [0, 0.1) is 11.3 Å². The first kappa shape index (κ1) is 15.5. The molecule has 0 atom stereocenters. The Morgan fingerprint density at radius 3 is 2.48 bits per heavy atom. The molecule has 0 saturated carbocycles. The molecule has 0 radical (unpaired) electrons. The molecule has 0 amide bonds. The molecular formula is C17H11ClN2O2S. The minimum Gasteiger partial charge on any atom is -0.236 e. The van der Waals surface area contributed by atoms with Gasteiger partial charge in [0.15, 0.2) is 14.9 Å². The summed E-state index contributed by atoms with van der Waals surface area (Å²) in [6, 6.07) is 16.8. The second-order valence-corrected chi connectivity index (χ2v) is 7.43. The number of nitriles is 1. The summed E-state index contributed by atoms with van der Waals surface area (Å²) in [4.78, 5) is 4.22. The van der Waals surface area contributed by atoms with Crippen molar-refractivity contribution in [3.8, 4) is 6.07 Å². The van der Waals surface area contributed by atoms with Crippen molar-refractivity contribution in [3.63, 3.8) is 0 Å². The number of halogens is 1. The number of hydrogen-bond donors (Lipinski definition) is 0. The van der Waals surface area contributed by atoms with E-state index in [1.54, 1.807) is 48.5 Å². The lowest BCUT2D eigenvalue weighted by Gasteiger charge is -2.06. The van der Waals surface area contributed by atoms with Gasteiger partial charge in [-0.3, -0.25) is 0 Å². The Hall–Kier alpha value is -2.42. The third-order valence-corrected chi connectivity index (χ3v) is 5.20. The van der Waals surface area contributed by atoms with Crippen molar-refractivity contribution in [1.82, 2.24) is 4.98 Å².